The summed E-state index contributed by atoms with van der Waals surface area (Å²) in [5, 5.41) is 3.59. The van der Waals surface area contributed by atoms with E-state index in [9.17, 15) is 4.79 Å². The van der Waals surface area contributed by atoms with E-state index in [1.54, 1.807) is 24.3 Å². The second-order valence-electron chi connectivity index (χ2n) is 6.16. The summed E-state index contributed by atoms with van der Waals surface area (Å²) < 4.78 is 11.2. The van der Waals surface area contributed by atoms with Gasteiger partial charge in [-0.2, -0.15) is 0 Å². The SMILES string of the molecule is CCOc1ccc(CNC(=O)c2ccc(OCc3ccccc3Cl)cc2)cc1. The van der Waals surface area contributed by atoms with E-state index in [-0.39, 0.29) is 5.91 Å². The van der Waals surface area contributed by atoms with Crippen molar-refractivity contribution in [3.63, 3.8) is 0 Å². The summed E-state index contributed by atoms with van der Waals surface area (Å²) in [6, 6.07) is 22.3. The Morgan fingerprint density at radius 3 is 2.21 bits per heavy atom. The molecule has 0 spiro atoms. The Hall–Kier alpha value is -2.98. The molecule has 0 aliphatic carbocycles. The summed E-state index contributed by atoms with van der Waals surface area (Å²) in [5.74, 6) is 1.37. The van der Waals surface area contributed by atoms with Gasteiger partial charge in [0, 0.05) is 22.7 Å². The van der Waals surface area contributed by atoms with E-state index in [1.807, 2.05) is 55.5 Å². The number of nitrogens with one attached hydrogen (secondary N) is 1. The number of amides is 1. The van der Waals surface area contributed by atoms with Crippen LogP contribution in [0, 0.1) is 0 Å². The number of rotatable bonds is 8. The van der Waals surface area contributed by atoms with Crippen LogP contribution in [0.4, 0.5) is 0 Å². The highest BCUT2D eigenvalue weighted by atomic mass is 35.5. The van der Waals surface area contributed by atoms with Gasteiger partial charge in [-0.3, -0.25) is 4.79 Å². The van der Waals surface area contributed by atoms with Gasteiger partial charge in [-0.1, -0.05) is 41.9 Å². The van der Waals surface area contributed by atoms with Gasteiger partial charge in [0.05, 0.1) is 6.61 Å². The summed E-state index contributed by atoms with van der Waals surface area (Å²) in [7, 11) is 0. The standard InChI is InChI=1S/C23H22ClNO3/c1-2-27-20-11-7-17(8-12-20)15-25-23(26)18-9-13-21(14-10-18)28-16-19-5-3-4-6-22(19)24/h3-14H,2,15-16H2,1H3,(H,25,26). The van der Waals surface area contributed by atoms with Gasteiger partial charge in [-0.05, 0) is 55.0 Å². The minimum absolute atomic E-state index is 0.133. The normalized spacial score (nSPS) is 10.4. The summed E-state index contributed by atoms with van der Waals surface area (Å²) in [4.78, 5) is 12.3. The van der Waals surface area contributed by atoms with Crippen molar-refractivity contribution in [2.75, 3.05) is 6.61 Å². The molecular formula is C23H22ClNO3. The molecule has 5 heteroatoms. The van der Waals surface area contributed by atoms with Crippen LogP contribution in [0.5, 0.6) is 11.5 Å². The number of hydrogen-bond acceptors (Lipinski definition) is 3. The Morgan fingerprint density at radius 2 is 1.54 bits per heavy atom. The molecule has 1 N–H and O–H groups in total. The van der Waals surface area contributed by atoms with Crippen molar-refractivity contribution in [2.45, 2.75) is 20.1 Å². The number of halogens is 1. The molecule has 0 aliphatic heterocycles. The van der Waals surface area contributed by atoms with E-state index in [4.69, 9.17) is 21.1 Å². The molecule has 1 amide bonds. The Balaban J connectivity index is 1.51. The maximum absolute atomic E-state index is 12.3. The summed E-state index contributed by atoms with van der Waals surface area (Å²) in [6.07, 6.45) is 0. The molecule has 3 aromatic carbocycles. The molecule has 0 saturated carbocycles. The monoisotopic (exact) mass is 395 g/mol. The van der Waals surface area contributed by atoms with Crippen LogP contribution in [-0.2, 0) is 13.2 Å². The second-order valence-corrected chi connectivity index (χ2v) is 6.57. The average molecular weight is 396 g/mol. The lowest BCUT2D eigenvalue weighted by molar-refractivity contribution is 0.0951. The third kappa shape index (κ3) is 5.51. The molecule has 144 valence electrons. The molecule has 0 atom stereocenters. The van der Waals surface area contributed by atoms with Gasteiger partial charge in [0.1, 0.15) is 18.1 Å². The fourth-order valence-corrected chi connectivity index (χ4v) is 2.82. The fourth-order valence-electron chi connectivity index (χ4n) is 2.63. The average Bonchev–Trinajstić information content (AvgIpc) is 2.73. The molecule has 0 aliphatic rings. The third-order valence-corrected chi connectivity index (χ3v) is 4.52. The van der Waals surface area contributed by atoms with Crippen molar-refractivity contribution >= 4 is 17.5 Å². The van der Waals surface area contributed by atoms with Gasteiger partial charge in [-0.25, -0.2) is 0 Å². The minimum atomic E-state index is -0.133. The lowest BCUT2D eigenvalue weighted by atomic mass is 10.2. The minimum Gasteiger partial charge on any atom is -0.494 e. The number of benzene rings is 3. The van der Waals surface area contributed by atoms with Crippen molar-refractivity contribution < 1.29 is 14.3 Å². The van der Waals surface area contributed by atoms with Crippen LogP contribution in [-0.4, -0.2) is 12.5 Å². The van der Waals surface area contributed by atoms with Gasteiger partial charge in [0.15, 0.2) is 0 Å². The molecule has 0 fully saturated rings. The highest BCUT2D eigenvalue weighted by molar-refractivity contribution is 6.31. The van der Waals surface area contributed by atoms with E-state index in [2.05, 4.69) is 5.32 Å². The van der Waals surface area contributed by atoms with Crippen molar-refractivity contribution in [3.05, 3.63) is 94.5 Å². The molecule has 28 heavy (non-hydrogen) atoms. The van der Waals surface area contributed by atoms with Gasteiger partial charge in [0.2, 0.25) is 0 Å². The van der Waals surface area contributed by atoms with Crippen molar-refractivity contribution in [2.24, 2.45) is 0 Å². The molecule has 0 unspecified atom stereocenters. The maximum atomic E-state index is 12.3. The largest absolute Gasteiger partial charge is 0.494 e. The number of carbonyl (C=O) groups is 1. The Bertz CT molecular complexity index is 908. The highest BCUT2D eigenvalue weighted by Crippen LogP contribution is 2.19. The Morgan fingerprint density at radius 1 is 0.893 bits per heavy atom. The fraction of sp³-hybridized carbons (Fsp3) is 0.174. The number of ether oxygens (including phenoxy) is 2. The number of hydrogen-bond donors (Lipinski definition) is 1. The van der Waals surface area contributed by atoms with E-state index in [1.165, 1.54) is 0 Å². The summed E-state index contributed by atoms with van der Waals surface area (Å²) in [5.41, 5.74) is 2.51. The topological polar surface area (TPSA) is 47.6 Å². The van der Waals surface area contributed by atoms with Crippen LogP contribution in [0.2, 0.25) is 5.02 Å². The first kappa shape index (κ1) is 19.8. The van der Waals surface area contributed by atoms with Crippen LogP contribution in [0.1, 0.15) is 28.4 Å². The first-order chi connectivity index (χ1) is 13.7. The predicted octanol–water partition coefficient (Wildman–Crippen LogP) is 5.25. The van der Waals surface area contributed by atoms with Crippen molar-refractivity contribution in [1.29, 1.82) is 0 Å². The summed E-state index contributed by atoms with van der Waals surface area (Å²) in [6.45, 7) is 3.41. The zero-order chi connectivity index (χ0) is 19.8. The maximum Gasteiger partial charge on any atom is 0.251 e. The Labute approximate surface area is 170 Å². The predicted molar refractivity (Wildman–Crippen MR) is 111 cm³/mol. The molecule has 3 rings (SSSR count). The van der Waals surface area contributed by atoms with Crippen molar-refractivity contribution in [1.82, 2.24) is 5.32 Å². The molecule has 0 radical (unpaired) electrons. The molecule has 0 bridgehead atoms. The van der Waals surface area contributed by atoms with E-state index in [0.29, 0.717) is 36.1 Å². The molecule has 0 heterocycles. The molecule has 3 aromatic rings. The first-order valence-corrected chi connectivity index (χ1v) is 9.49. The van der Waals surface area contributed by atoms with Crippen LogP contribution < -0.4 is 14.8 Å². The smallest absolute Gasteiger partial charge is 0.251 e. The number of carbonyl (C=O) groups excluding carboxylic acids is 1. The van der Waals surface area contributed by atoms with Gasteiger partial charge in [-0.15, -0.1) is 0 Å². The van der Waals surface area contributed by atoms with Gasteiger partial charge < -0.3 is 14.8 Å². The lowest BCUT2D eigenvalue weighted by Gasteiger charge is -2.09. The first-order valence-electron chi connectivity index (χ1n) is 9.12. The third-order valence-electron chi connectivity index (χ3n) is 4.16. The van der Waals surface area contributed by atoms with Gasteiger partial charge in [0.25, 0.3) is 5.91 Å². The van der Waals surface area contributed by atoms with E-state index < -0.39 is 0 Å². The Kier molecular flexibility index (Phi) is 6.93. The highest BCUT2D eigenvalue weighted by Gasteiger charge is 2.06. The van der Waals surface area contributed by atoms with Crippen LogP contribution >= 0.6 is 11.6 Å². The van der Waals surface area contributed by atoms with Crippen LogP contribution in [0.3, 0.4) is 0 Å². The lowest BCUT2D eigenvalue weighted by Crippen LogP contribution is -2.22. The quantitative estimate of drug-likeness (QED) is 0.566. The van der Waals surface area contributed by atoms with E-state index >= 15 is 0 Å². The zero-order valence-corrected chi connectivity index (χ0v) is 16.4. The van der Waals surface area contributed by atoms with E-state index in [0.717, 1.165) is 16.9 Å². The zero-order valence-electron chi connectivity index (χ0n) is 15.7. The second kappa shape index (κ2) is 9.81. The van der Waals surface area contributed by atoms with Gasteiger partial charge >= 0.3 is 0 Å². The summed E-state index contributed by atoms with van der Waals surface area (Å²) >= 11 is 6.13. The van der Waals surface area contributed by atoms with Crippen LogP contribution in [0.15, 0.2) is 72.8 Å². The molecule has 4 nitrogen and oxygen atoms in total. The van der Waals surface area contributed by atoms with Crippen LogP contribution in [0.25, 0.3) is 0 Å². The molecular weight excluding hydrogens is 374 g/mol. The molecule has 0 aromatic heterocycles. The van der Waals surface area contributed by atoms with Crippen molar-refractivity contribution in [3.8, 4) is 11.5 Å². The molecule has 0 saturated heterocycles.